The number of hydrogen-bond acceptors (Lipinski definition) is 3. The quantitative estimate of drug-likeness (QED) is 0.122. The summed E-state index contributed by atoms with van der Waals surface area (Å²) in [5.41, 5.74) is 9.25. The summed E-state index contributed by atoms with van der Waals surface area (Å²) in [6.45, 7) is 0.605. The van der Waals surface area contributed by atoms with E-state index in [-0.39, 0.29) is 0 Å². The summed E-state index contributed by atoms with van der Waals surface area (Å²) in [7, 11) is 1.71. The summed E-state index contributed by atoms with van der Waals surface area (Å²) in [6, 6.07) is 72.1. The van der Waals surface area contributed by atoms with Gasteiger partial charge in [-0.15, -0.1) is 0 Å². The minimum atomic E-state index is -0.551. The van der Waals surface area contributed by atoms with E-state index in [4.69, 9.17) is 9.72 Å². The minimum absolute atomic E-state index is 0.483. The molecule has 2 heterocycles. The van der Waals surface area contributed by atoms with Crippen molar-refractivity contribution in [1.82, 2.24) is 19.1 Å². The Morgan fingerprint density at radius 1 is 0.431 bits per heavy atom. The lowest BCUT2D eigenvalue weighted by atomic mass is 9.77. The van der Waals surface area contributed by atoms with E-state index in [1.807, 2.05) is 37.1 Å². The standard InChI is InChI=1S/C30H26N2O.C22H17BrN2/c1-33-22-24-17-19-25(20-18-24)29-21-32(23-31-29)30(26-11-5-2-6-12-26,27-13-7-3-8-14-27)28-15-9-4-10-16-28;23-21-16-25(17-24-21)22(18-10-4-1-5-11-18,19-12-6-2-7-13-19)20-14-8-3-9-15-20/h2-21,23H,22H2,1H3;1-17H. The molecule has 0 unspecified atom stereocenters. The monoisotopic (exact) mass is 818 g/mol. The normalized spacial score (nSPS) is 11.4. The van der Waals surface area contributed by atoms with Crippen LogP contribution in [0, 0.1) is 0 Å². The molecule has 284 valence electrons. The van der Waals surface area contributed by atoms with Gasteiger partial charge in [0.25, 0.3) is 0 Å². The van der Waals surface area contributed by atoms with Gasteiger partial charge in [-0.1, -0.05) is 206 Å². The fourth-order valence-corrected chi connectivity index (χ4v) is 8.36. The molecule has 7 aromatic carbocycles. The number of nitrogens with zero attached hydrogens (tertiary/aromatic N) is 4. The highest BCUT2D eigenvalue weighted by Gasteiger charge is 2.39. The molecule has 5 nitrogen and oxygen atoms in total. The van der Waals surface area contributed by atoms with Gasteiger partial charge < -0.3 is 13.9 Å². The highest BCUT2D eigenvalue weighted by Crippen LogP contribution is 2.42. The number of methoxy groups -OCH3 is 1. The van der Waals surface area contributed by atoms with Gasteiger partial charge in [-0.05, 0) is 54.9 Å². The fourth-order valence-electron chi connectivity index (χ4n) is 8.05. The Balaban J connectivity index is 0.000000168. The van der Waals surface area contributed by atoms with Gasteiger partial charge in [-0.2, -0.15) is 0 Å². The third kappa shape index (κ3) is 7.48. The molecule has 0 aliphatic heterocycles. The molecule has 0 bridgehead atoms. The lowest BCUT2D eigenvalue weighted by Crippen LogP contribution is -2.36. The molecule has 0 radical (unpaired) electrons. The van der Waals surface area contributed by atoms with E-state index in [1.54, 1.807) is 7.11 Å². The van der Waals surface area contributed by atoms with Gasteiger partial charge in [0.2, 0.25) is 0 Å². The first-order valence-electron chi connectivity index (χ1n) is 19.3. The number of rotatable bonds is 11. The van der Waals surface area contributed by atoms with Crippen LogP contribution in [0.4, 0.5) is 0 Å². The Labute approximate surface area is 349 Å². The number of ether oxygens (including phenoxy) is 1. The SMILES string of the molecule is Brc1cn(C(c2ccccc2)(c2ccccc2)c2ccccc2)cn1.COCc1ccc(-c2cn(C(c3ccccc3)(c3ccccc3)c3ccccc3)cn2)cc1. The van der Waals surface area contributed by atoms with Gasteiger partial charge in [0.1, 0.15) is 15.7 Å². The van der Waals surface area contributed by atoms with Crippen molar-refractivity contribution in [3.8, 4) is 11.3 Å². The van der Waals surface area contributed by atoms with Crippen LogP contribution in [0.1, 0.15) is 38.9 Å². The number of benzene rings is 7. The Bertz CT molecular complexity index is 2420. The second kappa shape index (κ2) is 17.7. The Morgan fingerprint density at radius 3 is 1.07 bits per heavy atom. The summed E-state index contributed by atoms with van der Waals surface area (Å²) in [4.78, 5) is 9.27. The molecule has 9 rings (SSSR count). The topological polar surface area (TPSA) is 44.9 Å². The number of aromatic nitrogens is 4. The number of imidazole rings is 2. The van der Waals surface area contributed by atoms with Gasteiger partial charge in [-0.25, -0.2) is 9.97 Å². The van der Waals surface area contributed by atoms with Crippen LogP contribution in [-0.4, -0.2) is 26.2 Å². The Morgan fingerprint density at radius 2 is 0.759 bits per heavy atom. The highest BCUT2D eigenvalue weighted by atomic mass is 79.9. The van der Waals surface area contributed by atoms with Crippen molar-refractivity contribution in [2.45, 2.75) is 17.7 Å². The first kappa shape index (κ1) is 38.3. The molecule has 0 aliphatic rings. The predicted octanol–water partition coefficient (Wildman–Crippen LogP) is 12.0. The summed E-state index contributed by atoms with van der Waals surface area (Å²) >= 11 is 3.51. The second-order valence-corrected chi connectivity index (χ2v) is 14.8. The third-order valence-corrected chi connectivity index (χ3v) is 11.0. The molecule has 2 aromatic heterocycles. The van der Waals surface area contributed by atoms with Gasteiger partial charge in [0.05, 0.1) is 25.0 Å². The third-order valence-electron chi connectivity index (χ3n) is 10.6. The van der Waals surface area contributed by atoms with Crippen LogP contribution in [0.15, 0.2) is 236 Å². The van der Waals surface area contributed by atoms with Crippen molar-refractivity contribution in [3.05, 3.63) is 275 Å². The van der Waals surface area contributed by atoms with Crippen molar-refractivity contribution in [2.24, 2.45) is 0 Å². The molecule has 0 saturated carbocycles. The zero-order chi connectivity index (χ0) is 39.6. The molecule has 0 fully saturated rings. The maximum absolute atomic E-state index is 5.25. The summed E-state index contributed by atoms with van der Waals surface area (Å²) in [5, 5.41) is 0. The van der Waals surface area contributed by atoms with Gasteiger partial charge >= 0.3 is 0 Å². The molecule has 58 heavy (non-hydrogen) atoms. The van der Waals surface area contributed by atoms with Gasteiger partial charge in [0, 0.05) is 25.1 Å². The smallest absolute Gasteiger partial charge is 0.124 e. The predicted molar refractivity (Wildman–Crippen MR) is 238 cm³/mol. The van der Waals surface area contributed by atoms with E-state index in [1.165, 1.54) is 33.4 Å². The van der Waals surface area contributed by atoms with Crippen LogP contribution in [0.3, 0.4) is 0 Å². The van der Waals surface area contributed by atoms with Crippen LogP contribution in [0.5, 0.6) is 0 Å². The van der Waals surface area contributed by atoms with E-state index in [0.29, 0.717) is 6.61 Å². The molecule has 0 saturated heterocycles. The van der Waals surface area contributed by atoms with E-state index in [2.05, 4.69) is 224 Å². The number of halogens is 1. The first-order chi connectivity index (χ1) is 28.6. The van der Waals surface area contributed by atoms with Gasteiger partial charge in [-0.3, -0.25) is 0 Å². The van der Waals surface area contributed by atoms with E-state index < -0.39 is 11.1 Å². The second-order valence-electron chi connectivity index (χ2n) is 14.0. The van der Waals surface area contributed by atoms with Crippen LogP contribution >= 0.6 is 15.9 Å². The van der Waals surface area contributed by atoms with E-state index in [0.717, 1.165) is 21.4 Å². The van der Waals surface area contributed by atoms with Crippen LogP contribution in [-0.2, 0) is 22.4 Å². The summed E-state index contributed by atoms with van der Waals surface area (Å²) in [5.74, 6) is 0. The molecule has 9 aromatic rings. The number of hydrogen-bond donors (Lipinski definition) is 0. The maximum Gasteiger partial charge on any atom is 0.124 e. The zero-order valence-corrected chi connectivity index (χ0v) is 33.8. The maximum atomic E-state index is 5.25. The van der Waals surface area contributed by atoms with Crippen molar-refractivity contribution in [1.29, 1.82) is 0 Å². The van der Waals surface area contributed by atoms with E-state index >= 15 is 0 Å². The zero-order valence-electron chi connectivity index (χ0n) is 32.2. The van der Waals surface area contributed by atoms with Crippen molar-refractivity contribution < 1.29 is 4.74 Å². The summed E-state index contributed by atoms with van der Waals surface area (Å²) in [6.07, 6.45) is 8.02. The Kier molecular flexibility index (Phi) is 11.7. The summed E-state index contributed by atoms with van der Waals surface area (Å²) < 4.78 is 10.5. The molecule has 0 spiro atoms. The molecule has 6 heteroatoms. The molecular formula is C52H43BrN4O. The van der Waals surface area contributed by atoms with Crippen LogP contribution < -0.4 is 0 Å². The first-order valence-corrected chi connectivity index (χ1v) is 20.1. The Hall–Kier alpha value is -6.60. The van der Waals surface area contributed by atoms with E-state index in [9.17, 15) is 0 Å². The van der Waals surface area contributed by atoms with Crippen molar-refractivity contribution >= 4 is 15.9 Å². The molecule has 0 atom stereocenters. The molecule has 0 amide bonds. The molecule has 0 N–H and O–H groups in total. The minimum Gasteiger partial charge on any atom is -0.380 e. The van der Waals surface area contributed by atoms with Crippen LogP contribution in [0.2, 0.25) is 0 Å². The van der Waals surface area contributed by atoms with Crippen molar-refractivity contribution in [2.75, 3.05) is 7.11 Å². The molecular weight excluding hydrogens is 777 g/mol. The van der Waals surface area contributed by atoms with Crippen molar-refractivity contribution in [3.63, 3.8) is 0 Å². The average molecular weight is 820 g/mol. The fraction of sp³-hybridized carbons (Fsp3) is 0.0769. The highest BCUT2D eigenvalue weighted by molar-refractivity contribution is 9.10. The molecule has 0 aliphatic carbocycles. The van der Waals surface area contributed by atoms with Crippen LogP contribution in [0.25, 0.3) is 11.3 Å². The van der Waals surface area contributed by atoms with Gasteiger partial charge in [0.15, 0.2) is 0 Å². The largest absolute Gasteiger partial charge is 0.380 e. The lowest BCUT2D eigenvalue weighted by Gasteiger charge is -2.37. The average Bonchev–Trinajstić information content (AvgIpc) is 3.97. The lowest BCUT2D eigenvalue weighted by molar-refractivity contribution is 0.185.